The number of piperidine rings is 1. The average Bonchev–Trinajstić information content (AvgIpc) is 3.92. The molecule has 0 spiro atoms. The number of carbonyl (C=O) groups is 4. The monoisotopic (exact) mass is 827 g/mol. The SMILES string of the molecule is O=C1CCC(N2Cc3cc(OCC4CN(c5ccc(-c6cnc7[nH]cc(C(=O)c8c(F)ccc(NS(=O)(=O)N9CC[C@@H](F)C9)c8F)c7c6)cc5)C4)ccc3C2=O)C(=O)N1. The molecule has 4 aliphatic heterocycles. The zero-order chi connectivity index (χ0) is 41.2. The summed E-state index contributed by atoms with van der Waals surface area (Å²) >= 11 is 0. The Bertz CT molecular complexity index is 2670. The normalized spacial score (nSPS) is 19.9. The number of alkyl halides is 1. The van der Waals surface area contributed by atoms with Crippen molar-refractivity contribution in [1.82, 2.24) is 24.5 Å². The van der Waals surface area contributed by atoms with Crippen LogP contribution in [0.15, 0.2) is 73.1 Å². The molecule has 1 unspecified atom stereocenters. The van der Waals surface area contributed by atoms with Crippen molar-refractivity contribution < 1.29 is 45.5 Å². The molecule has 0 bridgehead atoms. The first-order valence-electron chi connectivity index (χ1n) is 19.0. The molecule has 14 nitrogen and oxygen atoms in total. The second kappa shape index (κ2) is 14.8. The van der Waals surface area contributed by atoms with Crippen molar-refractivity contribution in [2.24, 2.45) is 5.92 Å². The summed E-state index contributed by atoms with van der Waals surface area (Å²) in [7, 11) is -4.36. The predicted molar refractivity (Wildman–Crippen MR) is 209 cm³/mol. The number of hydrogen-bond acceptors (Lipinski definition) is 9. The minimum atomic E-state index is -4.36. The minimum Gasteiger partial charge on any atom is -0.493 e. The van der Waals surface area contributed by atoms with Crippen LogP contribution in [0.25, 0.3) is 22.2 Å². The maximum absolute atomic E-state index is 15.7. The largest absolute Gasteiger partial charge is 0.493 e. The van der Waals surface area contributed by atoms with Crippen molar-refractivity contribution in [1.29, 1.82) is 0 Å². The van der Waals surface area contributed by atoms with Crippen molar-refractivity contribution in [3.8, 4) is 16.9 Å². The lowest BCUT2D eigenvalue weighted by Gasteiger charge is -2.41. The number of carbonyl (C=O) groups excluding carboxylic acids is 4. The molecule has 0 aliphatic carbocycles. The van der Waals surface area contributed by atoms with Gasteiger partial charge in [-0.1, -0.05) is 12.1 Å². The van der Waals surface area contributed by atoms with Gasteiger partial charge in [0.25, 0.3) is 5.91 Å². The van der Waals surface area contributed by atoms with Gasteiger partial charge in [-0.2, -0.15) is 12.7 Å². The number of ether oxygens (including phenoxy) is 1. The fourth-order valence-electron chi connectivity index (χ4n) is 8.04. The number of rotatable bonds is 11. The number of aromatic nitrogens is 2. The van der Waals surface area contributed by atoms with Gasteiger partial charge in [0.1, 0.15) is 29.4 Å². The first-order chi connectivity index (χ1) is 28.3. The van der Waals surface area contributed by atoms with Crippen molar-refractivity contribution in [2.45, 2.75) is 38.0 Å². The van der Waals surface area contributed by atoms with Crippen LogP contribution in [0.4, 0.5) is 24.5 Å². The van der Waals surface area contributed by atoms with Crippen molar-refractivity contribution in [3.05, 3.63) is 107 Å². The topological polar surface area (TPSA) is 174 Å². The minimum absolute atomic E-state index is 0.00423. The molecular formula is C41H36F3N7O7S. The molecule has 304 valence electrons. The third kappa shape index (κ3) is 7.15. The highest BCUT2D eigenvalue weighted by Gasteiger charge is 2.39. The molecule has 3 amide bonds. The van der Waals surface area contributed by atoms with E-state index in [9.17, 15) is 32.0 Å². The van der Waals surface area contributed by atoms with Crippen molar-refractivity contribution in [2.75, 3.05) is 42.4 Å². The molecule has 2 atom stereocenters. The number of benzene rings is 3. The summed E-state index contributed by atoms with van der Waals surface area (Å²) in [6.45, 7) is 1.74. The Hall–Kier alpha value is -6.27. The Morgan fingerprint density at radius 2 is 1.76 bits per heavy atom. The van der Waals surface area contributed by atoms with Gasteiger partial charge in [-0.15, -0.1) is 0 Å². The first kappa shape index (κ1) is 38.3. The lowest BCUT2D eigenvalue weighted by molar-refractivity contribution is -0.136. The van der Waals surface area contributed by atoms with Gasteiger partial charge in [-0.3, -0.25) is 29.2 Å². The highest BCUT2D eigenvalue weighted by molar-refractivity contribution is 7.90. The van der Waals surface area contributed by atoms with Gasteiger partial charge in [0.2, 0.25) is 17.6 Å². The molecule has 2 aromatic heterocycles. The molecular weight excluding hydrogens is 792 g/mol. The quantitative estimate of drug-likeness (QED) is 0.126. The van der Waals surface area contributed by atoms with E-state index in [0.717, 1.165) is 46.3 Å². The van der Waals surface area contributed by atoms with E-state index in [-0.39, 0.29) is 49.2 Å². The predicted octanol–water partition coefficient (Wildman–Crippen LogP) is 4.72. The number of hydrogen-bond donors (Lipinski definition) is 3. The number of anilines is 2. The summed E-state index contributed by atoms with van der Waals surface area (Å²) in [6, 6.07) is 15.7. The number of H-pyrrole nitrogens is 1. The maximum Gasteiger partial charge on any atom is 0.301 e. The van der Waals surface area contributed by atoms with Crippen molar-refractivity contribution >= 4 is 56.1 Å². The molecule has 5 aromatic rings. The Kier molecular flexibility index (Phi) is 9.62. The van der Waals surface area contributed by atoms with Crippen LogP contribution < -0.4 is 19.7 Å². The third-order valence-corrected chi connectivity index (χ3v) is 12.8. The van der Waals surface area contributed by atoms with Crippen LogP contribution in [0.5, 0.6) is 5.75 Å². The molecule has 3 saturated heterocycles. The Labute approximate surface area is 335 Å². The fraction of sp³-hybridized carbons (Fsp3) is 0.293. The summed E-state index contributed by atoms with van der Waals surface area (Å²) in [4.78, 5) is 61.6. The number of amides is 3. The van der Waals surface area contributed by atoms with Crippen LogP contribution in [-0.2, 0) is 26.3 Å². The molecule has 0 radical (unpaired) electrons. The average molecular weight is 828 g/mol. The number of nitrogens with zero attached hydrogens (tertiary/aromatic N) is 4. The van der Waals surface area contributed by atoms with E-state index in [1.54, 1.807) is 24.4 Å². The summed E-state index contributed by atoms with van der Waals surface area (Å²) < 4.78 is 78.9. The van der Waals surface area contributed by atoms with E-state index < -0.39 is 63.5 Å². The van der Waals surface area contributed by atoms with Crippen molar-refractivity contribution in [3.63, 3.8) is 0 Å². The van der Waals surface area contributed by atoms with E-state index in [2.05, 4.69) is 20.2 Å². The van der Waals surface area contributed by atoms with Gasteiger partial charge >= 0.3 is 10.2 Å². The van der Waals surface area contributed by atoms with Gasteiger partial charge in [0, 0.05) is 85.2 Å². The van der Waals surface area contributed by atoms with Gasteiger partial charge in [-0.05, 0) is 72.5 Å². The van der Waals surface area contributed by atoms with Crippen LogP contribution in [-0.4, -0.2) is 96.1 Å². The molecule has 9 rings (SSSR count). The number of imide groups is 1. The second-order valence-corrected chi connectivity index (χ2v) is 16.8. The van der Waals surface area contributed by atoms with Gasteiger partial charge in [-0.25, -0.2) is 18.2 Å². The molecule has 4 aliphatic rings. The van der Waals surface area contributed by atoms with E-state index in [1.807, 2.05) is 35.1 Å². The van der Waals surface area contributed by atoms with Crippen LogP contribution in [0.2, 0.25) is 0 Å². The number of nitrogens with one attached hydrogen (secondary N) is 3. The Balaban J connectivity index is 0.829. The van der Waals surface area contributed by atoms with E-state index >= 15 is 8.78 Å². The molecule has 18 heteroatoms. The third-order valence-electron chi connectivity index (χ3n) is 11.3. The van der Waals surface area contributed by atoms with Crippen LogP contribution in [0.1, 0.15) is 51.1 Å². The number of halogens is 3. The summed E-state index contributed by atoms with van der Waals surface area (Å²) in [5, 5.41) is 2.62. The number of fused-ring (bicyclic) bond motifs is 2. The molecule has 6 heterocycles. The van der Waals surface area contributed by atoms with Crippen LogP contribution in [0.3, 0.4) is 0 Å². The smallest absolute Gasteiger partial charge is 0.301 e. The molecule has 59 heavy (non-hydrogen) atoms. The Morgan fingerprint density at radius 3 is 2.51 bits per heavy atom. The highest BCUT2D eigenvalue weighted by Crippen LogP contribution is 2.34. The van der Waals surface area contributed by atoms with E-state index in [0.29, 0.717) is 40.9 Å². The first-order valence-corrected chi connectivity index (χ1v) is 20.4. The number of ketones is 1. The maximum atomic E-state index is 15.7. The van der Waals surface area contributed by atoms with Gasteiger partial charge in [0.15, 0.2) is 5.82 Å². The van der Waals surface area contributed by atoms with Gasteiger partial charge in [0.05, 0.1) is 17.9 Å². The molecule has 3 fully saturated rings. The van der Waals surface area contributed by atoms with Gasteiger partial charge < -0.3 is 19.5 Å². The number of pyridine rings is 1. The zero-order valence-corrected chi connectivity index (χ0v) is 32.0. The standard InChI is InChI=1S/C41H36F3N7O7S/c42-26-11-12-50(20-26)59(56,57)48-33-8-7-32(43)36(37(33)44)38(53)31-16-46-39-30(31)14-24(15-45-39)23-1-3-27(4-2-23)49-17-22(18-49)21-58-28-5-6-29-25(13-28)19-51(41(29)55)34-9-10-35(52)47-40(34)54/h1-8,13-16,22,26,34,48H,9-12,17-21H2,(H,45,46)(H,47,52,54)/t26-,34?/m1/s1. The van der Waals surface area contributed by atoms with E-state index in [4.69, 9.17) is 4.74 Å². The fourth-order valence-corrected chi connectivity index (χ4v) is 9.31. The highest BCUT2D eigenvalue weighted by atomic mass is 32.2. The molecule has 3 N–H and O–H groups in total. The molecule has 0 saturated carbocycles. The lowest BCUT2D eigenvalue weighted by atomic mass is 9.98. The molecule has 3 aromatic carbocycles. The van der Waals surface area contributed by atoms with E-state index in [1.165, 1.54) is 11.1 Å². The summed E-state index contributed by atoms with van der Waals surface area (Å²) in [5.41, 5.74) is 2.34. The van der Waals surface area contributed by atoms with Crippen LogP contribution in [0, 0.1) is 17.6 Å². The zero-order valence-electron chi connectivity index (χ0n) is 31.2. The summed E-state index contributed by atoms with van der Waals surface area (Å²) in [5.74, 6) is -3.75. The van der Waals surface area contributed by atoms with Crippen LogP contribution >= 0.6 is 0 Å². The number of aromatic amines is 1. The summed E-state index contributed by atoms with van der Waals surface area (Å²) in [6.07, 6.45) is 2.03. The Morgan fingerprint density at radius 1 is 0.966 bits per heavy atom. The second-order valence-electron chi connectivity index (χ2n) is 15.1. The lowest BCUT2D eigenvalue weighted by Crippen LogP contribution is -2.52.